The number of carbonyl (C=O) groups excluding carboxylic acids is 2. The van der Waals surface area contributed by atoms with Gasteiger partial charge in [0.25, 0.3) is 0 Å². The molecular formula is C13H22ClN3O2S. The van der Waals surface area contributed by atoms with Gasteiger partial charge in [-0.1, -0.05) is 6.42 Å². The first-order chi connectivity index (χ1) is 9.70. The van der Waals surface area contributed by atoms with Gasteiger partial charge >= 0.3 is 6.03 Å². The topological polar surface area (TPSA) is 70.2 Å². The average molecular weight is 320 g/mol. The number of thioether (sulfide) groups is 1. The molecule has 0 radical (unpaired) electrons. The number of carbonyl (C=O) groups is 2. The first kappa shape index (κ1) is 15.8. The summed E-state index contributed by atoms with van der Waals surface area (Å²) in [5.41, 5.74) is 0. The summed E-state index contributed by atoms with van der Waals surface area (Å²) in [6.07, 6.45) is 4.39. The molecule has 2 saturated heterocycles. The largest absolute Gasteiger partial charge is 0.356 e. The lowest BCUT2D eigenvalue weighted by Gasteiger charge is -2.16. The number of urea groups is 1. The zero-order chi connectivity index (χ0) is 14.4. The molecule has 2 aliphatic rings. The van der Waals surface area contributed by atoms with E-state index < -0.39 is 0 Å². The number of rotatable bonds is 8. The molecule has 0 aromatic rings. The van der Waals surface area contributed by atoms with E-state index in [1.807, 2.05) is 11.8 Å². The second kappa shape index (κ2) is 7.98. The summed E-state index contributed by atoms with van der Waals surface area (Å²) >= 11 is 7.47. The van der Waals surface area contributed by atoms with Crippen molar-refractivity contribution in [3.05, 3.63) is 0 Å². The first-order valence-corrected chi connectivity index (χ1v) is 8.80. The Morgan fingerprint density at radius 3 is 3.00 bits per heavy atom. The second-order valence-corrected chi connectivity index (χ2v) is 6.91. The van der Waals surface area contributed by atoms with Crippen LogP contribution in [0.2, 0.25) is 0 Å². The number of hydrogen-bond acceptors (Lipinski definition) is 3. The van der Waals surface area contributed by atoms with E-state index in [0.29, 0.717) is 24.1 Å². The van der Waals surface area contributed by atoms with Crippen molar-refractivity contribution in [2.75, 3.05) is 18.2 Å². The fourth-order valence-corrected chi connectivity index (χ4v) is 4.33. The Morgan fingerprint density at radius 2 is 2.20 bits per heavy atom. The second-order valence-electron chi connectivity index (χ2n) is 5.26. The fraction of sp³-hybridized carbons (Fsp3) is 0.846. The van der Waals surface area contributed by atoms with Crippen molar-refractivity contribution >= 4 is 35.3 Å². The van der Waals surface area contributed by atoms with Gasteiger partial charge in [-0.15, -0.1) is 11.6 Å². The fourth-order valence-electron chi connectivity index (χ4n) is 2.66. The highest BCUT2D eigenvalue weighted by atomic mass is 35.5. The Hall–Kier alpha value is -0.620. The molecule has 2 rings (SSSR count). The third kappa shape index (κ3) is 4.45. The molecule has 3 amide bonds. The average Bonchev–Trinajstić information content (AvgIpc) is 2.95. The van der Waals surface area contributed by atoms with Crippen LogP contribution in [0.1, 0.15) is 32.1 Å². The van der Waals surface area contributed by atoms with Crippen LogP contribution < -0.4 is 16.0 Å². The van der Waals surface area contributed by atoms with Gasteiger partial charge in [0.1, 0.15) is 0 Å². The van der Waals surface area contributed by atoms with Gasteiger partial charge in [0, 0.05) is 29.8 Å². The molecule has 114 valence electrons. The van der Waals surface area contributed by atoms with Gasteiger partial charge in [-0.05, 0) is 19.3 Å². The van der Waals surface area contributed by atoms with E-state index in [9.17, 15) is 9.59 Å². The predicted octanol–water partition coefficient (Wildman–Crippen LogP) is 1.46. The molecular weight excluding hydrogens is 298 g/mol. The van der Waals surface area contributed by atoms with Gasteiger partial charge in [-0.25, -0.2) is 4.79 Å². The molecule has 2 aliphatic heterocycles. The standard InChI is InChI=1S/C13H22ClN3O2S/c14-6-3-7-15-11(18)5-2-1-4-10-12-9(8-20-10)16-13(19)17-12/h9-10,12H,1-8H2,(H,15,18)(H2,16,17,19)/t9?,10-,12?/m1/s1. The summed E-state index contributed by atoms with van der Waals surface area (Å²) in [4.78, 5) is 22.8. The Morgan fingerprint density at radius 1 is 1.35 bits per heavy atom. The van der Waals surface area contributed by atoms with Crippen LogP contribution >= 0.6 is 23.4 Å². The van der Waals surface area contributed by atoms with Crippen LogP contribution in [0.4, 0.5) is 4.79 Å². The third-order valence-electron chi connectivity index (χ3n) is 3.71. The Labute approximate surface area is 129 Å². The van der Waals surface area contributed by atoms with E-state index >= 15 is 0 Å². The van der Waals surface area contributed by atoms with Crippen LogP contribution in [0.15, 0.2) is 0 Å². The van der Waals surface area contributed by atoms with Crippen molar-refractivity contribution in [2.45, 2.75) is 49.4 Å². The quantitative estimate of drug-likeness (QED) is 0.360. The summed E-state index contributed by atoms with van der Waals surface area (Å²) < 4.78 is 0. The van der Waals surface area contributed by atoms with Crippen LogP contribution in [0, 0.1) is 0 Å². The first-order valence-electron chi connectivity index (χ1n) is 7.22. The molecule has 5 nitrogen and oxygen atoms in total. The summed E-state index contributed by atoms with van der Waals surface area (Å²) in [5, 5.41) is 9.27. The van der Waals surface area contributed by atoms with E-state index in [-0.39, 0.29) is 24.0 Å². The number of alkyl halides is 1. The molecule has 0 aromatic carbocycles. The number of hydrogen-bond donors (Lipinski definition) is 3. The molecule has 0 spiro atoms. The highest BCUT2D eigenvalue weighted by Gasteiger charge is 2.42. The maximum absolute atomic E-state index is 11.5. The third-order valence-corrected chi connectivity index (χ3v) is 5.49. The number of nitrogens with one attached hydrogen (secondary N) is 3. The van der Waals surface area contributed by atoms with Gasteiger partial charge in [-0.3, -0.25) is 4.79 Å². The molecule has 3 N–H and O–H groups in total. The van der Waals surface area contributed by atoms with E-state index in [1.54, 1.807) is 0 Å². The Kier molecular flexibility index (Phi) is 6.29. The van der Waals surface area contributed by atoms with Crippen LogP contribution in [-0.2, 0) is 4.79 Å². The highest BCUT2D eigenvalue weighted by molar-refractivity contribution is 8.00. The number of unbranched alkanes of at least 4 members (excludes halogenated alkanes) is 1. The van der Waals surface area contributed by atoms with Crippen LogP contribution in [0.5, 0.6) is 0 Å². The predicted molar refractivity (Wildman–Crippen MR) is 82.3 cm³/mol. The lowest BCUT2D eigenvalue weighted by molar-refractivity contribution is -0.121. The van der Waals surface area contributed by atoms with Gasteiger partial charge in [0.15, 0.2) is 0 Å². The van der Waals surface area contributed by atoms with E-state index in [1.165, 1.54) is 0 Å². The number of amides is 3. The van der Waals surface area contributed by atoms with Gasteiger partial charge in [0.2, 0.25) is 5.91 Å². The minimum absolute atomic E-state index is 0.0380. The summed E-state index contributed by atoms with van der Waals surface area (Å²) in [6.45, 7) is 0.669. The van der Waals surface area contributed by atoms with Crippen LogP contribution in [-0.4, -0.2) is 47.4 Å². The lowest BCUT2D eigenvalue weighted by Crippen LogP contribution is -2.36. The summed E-state index contributed by atoms with van der Waals surface area (Å²) in [6, 6.07) is 0.519. The van der Waals surface area contributed by atoms with E-state index in [2.05, 4.69) is 16.0 Å². The zero-order valence-electron chi connectivity index (χ0n) is 11.5. The molecule has 2 heterocycles. The van der Waals surface area contributed by atoms with E-state index in [4.69, 9.17) is 11.6 Å². The van der Waals surface area contributed by atoms with Crippen molar-refractivity contribution in [1.82, 2.24) is 16.0 Å². The van der Waals surface area contributed by atoms with Crippen LogP contribution in [0.25, 0.3) is 0 Å². The maximum atomic E-state index is 11.5. The van der Waals surface area contributed by atoms with Gasteiger partial charge in [-0.2, -0.15) is 11.8 Å². The summed E-state index contributed by atoms with van der Waals surface area (Å²) in [5.74, 6) is 1.69. The number of fused-ring (bicyclic) bond motifs is 1. The van der Waals surface area contributed by atoms with Crippen molar-refractivity contribution in [2.24, 2.45) is 0 Å². The monoisotopic (exact) mass is 319 g/mol. The van der Waals surface area contributed by atoms with Crippen molar-refractivity contribution in [3.8, 4) is 0 Å². The molecule has 0 saturated carbocycles. The highest BCUT2D eigenvalue weighted by Crippen LogP contribution is 2.33. The molecule has 20 heavy (non-hydrogen) atoms. The molecule has 7 heteroatoms. The minimum Gasteiger partial charge on any atom is -0.356 e. The van der Waals surface area contributed by atoms with E-state index in [0.717, 1.165) is 31.4 Å². The molecule has 2 unspecified atom stereocenters. The van der Waals surface area contributed by atoms with Gasteiger partial charge < -0.3 is 16.0 Å². The molecule has 0 bridgehead atoms. The lowest BCUT2D eigenvalue weighted by atomic mass is 10.0. The molecule has 0 aromatic heterocycles. The van der Waals surface area contributed by atoms with Crippen molar-refractivity contribution < 1.29 is 9.59 Å². The SMILES string of the molecule is O=C(CCCC[C@H]1SCC2NC(=O)NC21)NCCCCl. The number of halogens is 1. The van der Waals surface area contributed by atoms with Crippen molar-refractivity contribution in [1.29, 1.82) is 0 Å². The van der Waals surface area contributed by atoms with Crippen LogP contribution in [0.3, 0.4) is 0 Å². The Bertz CT molecular complexity index is 357. The normalized spacial score (nSPS) is 27.9. The summed E-state index contributed by atoms with van der Waals surface area (Å²) in [7, 11) is 0. The molecule has 0 aliphatic carbocycles. The molecule has 3 atom stereocenters. The van der Waals surface area contributed by atoms with Gasteiger partial charge in [0.05, 0.1) is 12.1 Å². The maximum Gasteiger partial charge on any atom is 0.315 e. The minimum atomic E-state index is -0.0380. The smallest absolute Gasteiger partial charge is 0.315 e. The molecule has 2 fully saturated rings. The van der Waals surface area contributed by atoms with Crippen molar-refractivity contribution in [3.63, 3.8) is 0 Å². The zero-order valence-corrected chi connectivity index (χ0v) is 13.1. The Balaban J connectivity index is 1.55.